The molecule has 2 aromatic rings. The molecule has 1 saturated heterocycles. The van der Waals surface area contributed by atoms with Crippen molar-refractivity contribution in [1.82, 2.24) is 4.90 Å². The van der Waals surface area contributed by atoms with E-state index in [0.29, 0.717) is 13.0 Å². The van der Waals surface area contributed by atoms with Crippen molar-refractivity contribution in [1.29, 1.82) is 0 Å². The van der Waals surface area contributed by atoms with Gasteiger partial charge >= 0.3 is 0 Å². The van der Waals surface area contributed by atoms with E-state index < -0.39 is 25.9 Å². The summed E-state index contributed by atoms with van der Waals surface area (Å²) in [7, 11) is -3.51. The third-order valence-electron chi connectivity index (χ3n) is 4.25. The second-order valence-electron chi connectivity index (χ2n) is 5.83. The van der Waals surface area contributed by atoms with Crippen LogP contribution in [0.1, 0.15) is 16.8 Å². The Labute approximate surface area is 145 Å². The topological polar surface area (TPSA) is 97.6 Å². The standard InChI is InChI=1S/C17H16N2O5S/c20-17(13-5-4-6-14(11-13)19(21)22)18-10-9-16(12-18)25(23,24)15-7-2-1-3-8-15/h1-8,11,16H,9-10,12H2. The number of hydrogen-bond donors (Lipinski definition) is 0. The van der Waals surface area contributed by atoms with Gasteiger partial charge in [0.1, 0.15) is 0 Å². The number of sulfone groups is 1. The Balaban J connectivity index is 1.78. The Hall–Kier alpha value is -2.74. The summed E-state index contributed by atoms with van der Waals surface area (Å²) in [5, 5.41) is 10.2. The molecule has 0 aliphatic carbocycles. The number of hydrogen-bond acceptors (Lipinski definition) is 5. The van der Waals surface area contributed by atoms with E-state index in [2.05, 4.69) is 0 Å². The molecule has 0 saturated carbocycles. The molecule has 1 atom stereocenters. The first-order valence-corrected chi connectivity index (χ1v) is 9.27. The first-order chi connectivity index (χ1) is 11.9. The van der Waals surface area contributed by atoms with Gasteiger partial charge in [-0.3, -0.25) is 14.9 Å². The van der Waals surface area contributed by atoms with E-state index >= 15 is 0 Å². The molecule has 1 fully saturated rings. The Morgan fingerprint density at radius 1 is 1.12 bits per heavy atom. The molecule has 3 rings (SSSR count). The first kappa shape index (κ1) is 17.1. The molecule has 0 N–H and O–H groups in total. The van der Waals surface area contributed by atoms with Gasteiger partial charge in [-0.25, -0.2) is 8.42 Å². The lowest BCUT2D eigenvalue weighted by molar-refractivity contribution is -0.384. The number of carbonyl (C=O) groups excluding carboxylic acids is 1. The number of carbonyl (C=O) groups is 1. The van der Waals surface area contributed by atoms with Gasteiger partial charge in [0.05, 0.1) is 15.1 Å². The number of amides is 1. The molecule has 0 radical (unpaired) electrons. The molecule has 2 aromatic carbocycles. The van der Waals surface area contributed by atoms with E-state index in [0.717, 1.165) is 0 Å². The molecule has 1 amide bonds. The van der Waals surface area contributed by atoms with Crippen molar-refractivity contribution in [3.05, 3.63) is 70.3 Å². The van der Waals surface area contributed by atoms with Crippen molar-refractivity contribution in [2.75, 3.05) is 13.1 Å². The van der Waals surface area contributed by atoms with Crippen LogP contribution in [0.2, 0.25) is 0 Å². The van der Waals surface area contributed by atoms with Crippen LogP contribution in [-0.2, 0) is 9.84 Å². The van der Waals surface area contributed by atoms with Crippen LogP contribution in [0, 0.1) is 10.1 Å². The Morgan fingerprint density at radius 2 is 1.84 bits per heavy atom. The summed E-state index contributed by atoms with van der Waals surface area (Å²) in [5.74, 6) is -0.394. The Kier molecular flexibility index (Phi) is 4.54. The summed E-state index contributed by atoms with van der Waals surface area (Å²) in [4.78, 5) is 24.5. The third-order valence-corrected chi connectivity index (χ3v) is 6.44. The lowest BCUT2D eigenvalue weighted by atomic mass is 10.2. The summed E-state index contributed by atoms with van der Waals surface area (Å²) in [5.41, 5.74) is 0.0189. The lowest BCUT2D eigenvalue weighted by Crippen LogP contribution is -2.32. The normalized spacial score (nSPS) is 17.4. The van der Waals surface area contributed by atoms with Crippen LogP contribution in [0.15, 0.2) is 59.5 Å². The molecule has 1 unspecified atom stereocenters. The van der Waals surface area contributed by atoms with Gasteiger partial charge in [-0.2, -0.15) is 0 Å². The second kappa shape index (κ2) is 6.64. The van der Waals surface area contributed by atoms with Crippen LogP contribution in [0.3, 0.4) is 0 Å². The largest absolute Gasteiger partial charge is 0.337 e. The molecular weight excluding hydrogens is 344 g/mol. The molecule has 0 spiro atoms. The zero-order valence-electron chi connectivity index (χ0n) is 13.2. The zero-order valence-corrected chi connectivity index (χ0v) is 14.1. The fraction of sp³-hybridized carbons (Fsp3) is 0.235. The molecule has 0 bridgehead atoms. The maximum absolute atomic E-state index is 12.7. The van der Waals surface area contributed by atoms with Crippen LogP contribution in [0.25, 0.3) is 0 Å². The van der Waals surface area contributed by atoms with Gasteiger partial charge in [-0.15, -0.1) is 0 Å². The van der Waals surface area contributed by atoms with E-state index in [9.17, 15) is 23.3 Å². The Morgan fingerprint density at radius 3 is 2.52 bits per heavy atom. The van der Waals surface area contributed by atoms with Gasteiger partial charge in [0.15, 0.2) is 9.84 Å². The van der Waals surface area contributed by atoms with E-state index in [1.807, 2.05) is 0 Å². The fourth-order valence-electron chi connectivity index (χ4n) is 2.90. The summed E-state index contributed by atoms with van der Waals surface area (Å²) >= 11 is 0. The minimum absolute atomic E-state index is 0.0821. The van der Waals surface area contributed by atoms with E-state index in [-0.39, 0.29) is 22.7 Å². The van der Waals surface area contributed by atoms with Gasteiger partial charge in [0.25, 0.3) is 11.6 Å². The molecule has 1 heterocycles. The third kappa shape index (κ3) is 3.39. The average Bonchev–Trinajstić information content (AvgIpc) is 3.13. The predicted octanol–water partition coefficient (Wildman–Crippen LogP) is 2.28. The van der Waals surface area contributed by atoms with E-state index in [4.69, 9.17) is 0 Å². The minimum atomic E-state index is -3.51. The molecule has 7 nitrogen and oxygen atoms in total. The monoisotopic (exact) mass is 360 g/mol. The van der Waals surface area contributed by atoms with Crippen molar-refractivity contribution in [2.45, 2.75) is 16.6 Å². The highest BCUT2D eigenvalue weighted by atomic mass is 32.2. The predicted molar refractivity (Wildman–Crippen MR) is 91.0 cm³/mol. The zero-order chi connectivity index (χ0) is 18.0. The molecule has 8 heteroatoms. The first-order valence-electron chi connectivity index (χ1n) is 7.72. The smallest absolute Gasteiger partial charge is 0.270 e. The molecular formula is C17H16N2O5S. The summed E-state index contributed by atoms with van der Waals surface area (Å²) in [6.07, 6.45) is 0.345. The molecule has 25 heavy (non-hydrogen) atoms. The molecule has 130 valence electrons. The van der Waals surface area contributed by atoms with Crippen molar-refractivity contribution < 1.29 is 18.1 Å². The van der Waals surface area contributed by atoms with Crippen LogP contribution < -0.4 is 0 Å². The molecule has 1 aliphatic rings. The number of nitrogens with zero attached hydrogens (tertiary/aromatic N) is 2. The van der Waals surface area contributed by atoms with Gasteiger partial charge in [-0.1, -0.05) is 24.3 Å². The molecule has 1 aliphatic heterocycles. The highest BCUT2D eigenvalue weighted by Gasteiger charge is 2.36. The fourth-order valence-corrected chi connectivity index (χ4v) is 4.62. The number of nitro benzene ring substituents is 1. The van der Waals surface area contributed by atoms with Crippen molar-refractivity contribution >= 4 is 21.4 Å². The van der Waals surface area contributed by atoms with Crippen molar-refractivity contribution in [3.8, 4) is 0 Å². The van der Waals surface area contributed by atoms with Gasteiger partial charge in [-0.05, 0) is 24.6 Å². The number of non-ortho nitro benzene ring substituents is 1. The van der Waals surface area contributed by atoms with Gasteiger partial charge < -0.3 is 4.90 Å². The van der Waals surface area contributed by atoms with E-state index in [1.165, 1.54) is 29.2 Å². The summed E-state index contributed by atoms with van der Waals surface area (Å²) < 4.78 is 25.3. The average molecular weight is 360 g/mol. The maximum atomic E-state index is 12.7. The van der Waals surface area contributed by atoms with Crippen LogP contribution in [0.4, 0.5) is 5.69 Å². The second-order valence-corrected chi connectivity index (χ2v) is 8.06. The summed E-state index contributed by atoms with van der Waals surface area (Å²) in [6.45, 7) is 0.386. The highest BCUT2D eigenvalue weighted by molar-refractivity contribution is 7.92. The van der Waals surface area contributed by atoms with Crippen molar-refractivity contribution in [2.24, 2.45) is 0 Å². The van der Waals surface area contributed by atoms with Gasteiger partial charge in [0.2, 0.25) is 0 Å². The highest BCUT2D eigenvalue weighted by Crippen LogP contribution is 2.25. The molecule has 0 aromatic heterocycles. The number of rotatable bonds is 4. The number of benzene rings is 2. The van der Waals surface area contributed by atoms with Crippen LogP contribution >= 0.6 is 0 Å². The van der Waals surface area contributed by atoms with E-state index in [1.54, 1.807) is 30.3 Å². The summed E-state index contributed by atoms with van der Waals surface area (Å²) in [6, 6.07) is 13.6. The number of likely N-dealkylation sites (tertiary alicyclic amines) is 1. The van der Waals surface area contributed by atoms with Gasteiger partial charge in [0, 0.05) is 30.8 Å². The SMILES string of the molecule is O=C(c1cccc([N+](=O)[O-])c1)N1CCC(S(=O)(=O)c2ccccc2)C1. The number of nitro groups is 1. The minimum Gasteiger partial charge on any atom is -0.337 e. The van der Waals surface area contributed by atoms with Crippen molar-refractivity contribution in [3.63, 3.8) is 0 Å². The lowest BCUT2D eigenvalue weighted by Gasteiger charge is -2.17. The van der Waals surface area contributed by atoms with Crippen LogP contribution in [-0.4, -0.2) is 42.5 Å². The quantitative estimate of drug-likeness (QED) is 0.615. The maximum Gasteiger partial charge on any atom is 0.270 e. The Bertz CT molecular complexity index is 912. The van der Waals surface area contributed by atoms with Crippen LogP contribution in [0.5, 0.6) is 0 Å².